The summed E-state index contributed by atoms with van der Waals surface area (Å²) in [6, 6.07) is 31.6. The molecule has 3 amide bonds. The number of morpholine rings is 2. The summed E-state index contributed by atoms with van der Waals surface area (Å²) >= 11 is 19.9. The molecule has 0 spiro atoms. The lowest BCUT2D eigenvalue weighted by atomic mass is 9.89. The summed E-state index contributed by atoms with van der Waals surface area (Å²) in [7, 11) is 0. The molecule has 0 radical (unpaired) electrons. The number of piperazine rings is 1. The molecular weight excluding hydrogens is 1870 g/mol. The second kappa shape index (κ2) is 48.3. The third-order valence-corrected chi connectivity index (χ3v) is 26.0. The van der Waals surface area contributed by atoms with Crippen molar-refractivity contribution in [1.29, 1.82) is 0 Å². The first-order valence-corrected chi connectivity index (χ1v) is 48.9. The van der Waals surface area contributed by atoms with Crippen LogP contribution in [0.2, 0.25) is 15.1 Å². The van der Waals surface area contributed by atoms with Crippen LogP contribution < -0.4 is 45.6 Å². The lowest BCUT2D eigenvalue weighted by molar-refractivity contribution is -0.118. The Morgan fingerprint density at radius 2 is 0.762 bits per heavy atom. The van der Waals surface area contributed by atoms with Crippen LogP contribution in [0.4, 0.5) is 0 Å². The average molecular weight is 2030 g/mol. The smallest absolute Gasteiger partial charge is 0.252 e. The molecule has 5 aromatic heterocycles. The molecule has 3 saturated heterocycles. The summed E-state index contributed by atoms with van der Waals surface area (Å²) in [6.07, 6.45) is 6.28. The number of ketones is 3. The van der Waals surface area contributed by atoms with Crippen LogP contribution >= 0.6 is 34.8 Å². The molecule has 143 heavy (non-hydrogen) atoms. The van der Waals surface area contributed by atoms with Crippen LogP contribution in [0.25, 0.3) is 32.7 Å². The molecule has 17 rings (SSSR count). The van der Waals surface area contributed by atoms with Gasteiger partial charge < -0.3 is 64.9 Å². The number of allylic oxidation sites excluding steroid dienone is 1. The third-order valence-electron chi connectivity index (χ3n) is 25.0. The molecule has 0 bridgehead atoms. The Kier molecular flexibility index (Phi) is 27.2. The van der Waals surface area contributed by atoms with Crippen LogP contribution in [0.5, 0.6) is 51.7 Å². The SMILES string of the molecule is [2H]C([2H])(Oc1cc2nccc(Oc3ccc(CC(=O)CC4=CC(C(C)(C)C)=NC4)c(Cl)c3)c2cc1C(N)=O)C([2H])([2H])C([2H])([2H])N1CCOCC1.[2H]C([2H])(Oc1cc2nccc(Oc3ccc(CC(=O)Cc4cc(C(C)(C)C)nn4C4CCCC4)c(Cl)c3)c2cc1C(N)=O)C([2H])([2H])C([2H])([2H])N1CCOCC1.[2H]C([2H])([2H])N1CCN(C([2H])([2H])C([2H])([2H])C([2H])([2H])Oc2cc3nccc(Oc4ccc(CC(=O)Cc5cc(C(C)(C)C)nn5C5CCCC5)c(Cl)c4)c3cc2C(N)=O)CC1. The van der Waals surface area contributed by atoms with Crippen molar-refractivity contribution in [2.24, 2.45) is 27.6 Å². The van der Waals surface area contributed by atoms with Gasteiger partial charge in [0.1, 0.15) is 69.1 Å². The monoisotopic (exact) mass is 2030 g/mol. The van der Waals surface area contributed by atoms with Crippen molar-refractivity contribution in [2.45, 2.75) is 194 Å². The number of carbonyl (C=O) groups is 6. The molecule has 9 heterocycles. The summed E-state index contributed by atoms with van der Waals surface area (Å²) in [4.78, 5) is 99.6. The molecule has 32 heteroatoms. The Hall–Kier alpha value is -11.8. The number of benzene rings is 6. The fourth-order valence-corrected chi connectivity index (χ4v) is 17.9. The van der Waals surface area contributed by atoms with Gasteiger partial charge in [0.2, 0.25) is 0 Å². The summed E-state index contributed by atoms with van der Waals surface area (Å²) in [5.74, 6) is -2.72. The number of likely N-dealkylation sites (N-methyl/N-ethyl adjacent to an activating group) is 1. The summed E-state index contributed by atoms with van der Waals surface area (Å²) in [5.41, 5.74) is 23.8. The van der Waals surface area contributed by atoms with Crippen LogP contribution in [-0.2, 0) is 66.8 Å². The minimum absolute atomic E-state index is 0.00185. The van der Waals surface area contributed by atoms with Crippen LogP contribution in [0, 0.1) is 5.41 Å². The van der Waals surface area contributed by atoms with Gasteiger partial charge in [-0.3, -0.25) is 67.9 Å². The highest BCUT2D eigenvalue weighted by atomic mass is 35.5. The Balaban J connectivity index is 0.000000182. The van der Waals surface area contributed by atoms with Gasteiger partial charge in [-0.1, -0.05) is 141 Å². The predicted molar refractivity (Wildman–Crippen MR) is 559 cm³/mol. The molecule has 0 unspecified atom stereocenters. The van der Waals surface area contributed by atoms with E-state index >= 15 is 0 Å². The normalized spacial score (nSPS) is 19.1. The number of ether oxygens (including phenoxy) is 8. The van der Waals surface area contributed by atoms with E-state index in [-0.39, 0.29) is 213 Å². The van der Waals surface area contributed by atoms with Crippen molar-refractivity contribution in [1.82, 2.24) is 54.1 Å². The van der Waals surface area contributed by atoms with Gasteiger partial charge >= 0.3 is 0 Å². The fourth-order valence-electron chi connectivity index (χ4n) is 17.2. The number of hydrogen-bond donors (Lipinski definition) is 3. The summed E-state index contributed by atoms with van der Waals surface area (Å²) in [5, 5.41) is 11.7. The van der Waals surface area contributed by atoms with E-state index in [1.165, 1.54) is 67.1 Å². The highest BCUT2D eigenvalue weighted by Gasteiger charge is 2.32. The van der Waals surface area contributed by atoms with E-state index in [0.717, 1.165) is 105 Å². The lowest BCUT2D eigenvalue weighted by Gasteiger charge is -2.32. The van der Waals surface area contributed by atoms with Crippen molar-refractivity contribution in [3.05, 3.63) is 223 Å². The van der Waals surface area contributed by atoms with Gasteiger partial charge in [-0.2, -0.15) is 10.2 Å². The number of rotatable bonds is 38. The maximum Gasteiger partial charge on any atom is 0.252 e. The van der Waals surface area contributed by atoms with Crippen LogP contribution in [-0.4, -0.2) is 226 Å². The van der Waals surface area contributed by atoms with Gasteiger partial charge in [0.05, 0.1) is 118 Å². The zero-order valence-corrected chi connectivity index (χ0v) is 83.8. The highest BCUT2D eigenvalue weighted by Crippen LogP contribution is 2.42. The maximum atomic E-state index is 13.4. The Labute approximate surface area is 881 Å². The van der Waals surface area contributed by atoms with Gasteiger partial charge in [0.25, 0.3) is 17.7 Å². The number of aromatic nitrogens is 7. The minimum Gasteiger partial charge on any atom is -0.493 e. The standard InChI is InChI=1S/C39H49ClN6O4.C38H46ClN5O5.C34H39ClN4O5/c1-39(2,3)37-22-28(46(43-37)27-8-5-6-9-27)21-29(47)20-26-10-11-30(23-33(26)40)50-35-12-13-42-34-25-36(32(38(41)48)24-31(34)35)49-19-7-14-45-17-15-44(4)16-18-45;1-38(2,3)36-21-27(44(42-36)26-7-4-5-8-26)20-28(45)19-25-9-10-29(22-32(25)39)49-34-11-12-41-33-24-35(31(37(40)46)23-30(33)34)48-16-6-13-43-14-17-47-18-15-43;1-34(2,3)32-16-22(21-38-32)15-24(40)17-23-5-6-25(18-28(23)35)44-30-7-8-37-29-20-31(27(33(36)41)19-26(29)30)43-12-4-9-39-10-13-42-14-11-39/h10-13,22-25,27H,5-9,14-21H2,1-4H3,(H2,41,48);9-12,21-24,26H,4-8,13-20H2,1-3H3,(H2,40,46);5-8,16,18-20H,4,9-15,17,21H2,1-3H3,(H2,36,41)/i4D3,7D2,14D2,19D2;6D2,13D2,16D2;4D2,9D2,12D2. The molecule has 4 aliphatic heterocycles. The molecule has 29 nitrogen and oxygen atoms in total. The first-order valence-electron chi connectivity index (χ1n) is 58.2. The van der Waals surface area contributed by atoms with Gasteiger partial charge in [-0.05, 0) is 165 Å². The molecule has 6 N–H and O–H groups in total. The van der Waals surface area contributed by atoms with Crippen molar-refractivity contribution in [2.75, 3.05) is 131 Å². The number of nitrogens with zero attached hydrogens (tertiary/aromatic N) is 12. The largest absolute Gasteiger partial charge is 0.493 e. The minimum atomic E-state index is -3.38. The van der Waals surface area contributed by atoms with E-state index < -0.39 is 100 Å². The molecule has 2 saturated carbocycles. The second-order valence-corrected chi connectivity index (χ2v) is 40.1. The topological polar surface area (TPSA) is 354 Å². The number of halogens is 3. The molecule has 6 aromatic carbocycles. The molecular formula is C111H134Cl3N15O14. The number of nitrogens with two attached hydrogens (primary N) is 3. The predicted octanol–water partition coefficient (Wildman–Crippen LogP) is 19.4. The van der Waals surface area contributed by atoms with Gasteiger partial charge in [0.15, 0.2) is 0 Å². The number of hydrogen-bond acceptors (Lipinski definition) is 24. The van der Waals surface area contributed by atoms with Crippen molar-refractivity contribution in [3.8, 4) is 51.7 Å². The van der Waals surface area contributed by atoms with E-state index in [2.05, 4.69) is 86.9 Å². The lowest BCUT2D eigenvalue weighted by Crippen LogP contribution is -2.44. The first-order chi connectivity index (χ1) is 76.5. The molecule has 11 aromatic rings. The zero-order valence-electron chi connectivity index (χ0n) is 103. The quantitative estimate of drug-likeness (QED) is 0.0323. The number of Topliss-reactive ketones (excluding diaryl/α,β-unsaturated/α-hetero) is 3. The van der Waals surface area contributed by atoms with Crippen molar-refractivity contribution in [3.63, 3.8) is 0 Å². The molecule has 5 fully saturated rings. The van der Waals surface area contributed by atoms with Crippen LogP contribution in [0.1, 0.15) is 251 Å². The molecule has 758 valence electrons. The Bertz CT molecular complexity index is 7540. The average Bonchev–Trinajstić information content (AvgIpc) is 0.773. The zero-order chi connectivity index (χ0) is 120. The Morgan fingerprint density at radius 3 is 1.08 bits per heavy atom. The number of amides is 3. The number of fused-ring (bicyclic) bond motifs is 3. The summed E-state index contributed by atoms with van der Waals surface area (Å²) in [6.45, 7) is -1.20. The number of aliphatic imine (C=N–C) groups is 1. The first kappa shape index (κ1) is 80.5. The third kappa shape index (κ3) is 28.7. The van der Waals surface area contributed by atoms with E-state index in [1.54, 1.807) is 60.7 Å². The Morgan fingerprint density at radius 1 is 0.420 bits per heavy atom. The van der Waals surface area contributed by atoms with E-state index in [9.17, 15) is 28.8 Å². The fraction of sp³-hybridized carbons (Fsp3) is 0.459. The maximum absolute atomic E-state index is 13.4. The van der Waals surface area contributed by atoms with Crippen molar-refractivity contribution >= 4 is 108 Å². The van der Waals surface area contributed by atoms with E-state index in [4.69, 9.17) is 129 Å². The number of carbonyl (C=O) groups excluding carboxylic acids is 6. The van der Waals surface area contributed by atoms with E-state index in [1.807, 2.05) is 22.9 Å². The van der Waals surface area contributed by atoms with Crippen molar-refractivity contribution < 1.29 is 95.4 Å². The van der Waals surface area contributed by atoms with Gasteiger partial charge in [-0.15, -0.1) is 0 Å². The number of pyridine rings is 3. The number of primary amides is 3. The molecule has 0 atom stereocenters. The second-order valence-electron chi connectivity index (χ2n) is 38.9. The highest BCUT2D eigenvalue weighted by molar-refractivity contribution is 6.32. The molecule has 6 aliphatic rings. The molecule has 2 aliphatic carbocycles. The van der Waals surface area contributed by atoms with E-state index in [0.29, 0.717) is 72.4 Å². The van der Waals surface area contributed by atoms with Gasteiger partial charge in [-0.25, -0.2) is 0 Å². The van der Waals surface area contributed by atoms with Gasteiger partial charge in [0, 0.05) is 232 Å². The summed E-state index contributed by atoms with van der Waals surface area (Å²) < 4.78 is 226. The van der Waals surface area contributed by atoms with Crippen LogP contribution in [0.15, 0.2) is 157 Å². The van der Waals surface area contributed by atoms with Crippen LogP contribution in [0.3, 0.4) is 0 Å².